The second kappa shape index (κ2) is 4.38. The van der Waals surface area contributed by atoms with Crippen LogP contribution >= 0.6 is 0 Å². The first-order valence-electron chi connectivity index (χ1n) is 5.92. The summed E-state index contributed by atoms with van der Waals surface area (Å²) in [6.07, 6.45) is 2.31. The maximum atomic E-state index is 10.9. The number of carboxylic acid groups (broad SMARTS) is 1. The molecule has 6 nitrogen and oxygen atoms in total. The van der Waals surface area contributed by atoms with Crippen LogP contribution in [-0.2, 0) is 11.3 Å². The van der Waals surface area contributed by atoms with Crippen LogP contribution in [0.25, 0.3) is 11.0 Å². The number of nitrogens with zero attached hydrogens (tertiary/aromatic N) is 3. The van der Waals surface area contributed by atoms with E-state index in [2.05, 4.69) is 10.3 Å². The van der Waals surface area contributed by atoms with E-state index in [0.29, 0.717) is 12.1 Å². The maximum Gasteiger partial charge on any atom is 0.335 e. The van der Waals surface area contributed by atoms with Crippen LogP contribution in [-0.4, -0.2) is 38.8 Å². The first-order valence-corrected chi connectivity index (χ1v) is 5.92. The van der Waals surface area contributed by atoms with Crippen LogP contribution in [0.5, 0.6) is 0 Å². The number of hydrogen-bond donors (Lipinski definition) is 1. The minimum Gasteiger partial charge on any atom is -0.478 e. The van der Waals surface area contributed by atoms with E-state index in [1.165, 1.54) is 6.07 Å². The van der Waals surface area contributed by atoms with Crippen molar-refractivity contribution < 1.29 is 14.6 Å². The Balaban J connectivity index is 1.91. The predicted molar refractivity (Wildman–Crippen MR) is 63.5 cm³/mol. The molecule has 1 aliphatic rings. The molecule has 1 aromatic carbocycles. The van der Waals surface area contributed by atoms with Crippen LogP contribution in [0.15, 0.2) is 18.2 Å². The Morgan fingerprint density at radius 2 is 2.44 bits per heavy atom. The Bertz CT molecular complexity index is 587. The number of aromatic carboxylic acids is 1. The van der Waals surface area contributed by atoms with Gasteiger partial charge in [0.15, 0.2) is 0 Å². The molecule has 18 heavy (non-hydrogen) atoms. The largest absolute Gasteiger partial charge is 0.478 e. The van der Waals surface area contributed by atoms with E-state index in [0.717, 1.165) is 25.0 Å². The molecule has 1 saturated heterocycles. The van der Waals surface area contributed by atoms with E-state index < -0.39 is 5.97 Å². The van der Waals surface area contributed by atoms with Crippen LogP contribution in [0, 0.1) is 0 Å². The van der Waals surface area contributed by atoms with E-state index >= 15 is 0 Å². The second-order valence-electron chi connectivity index (χ2n) is 4.42. The zero-order chi connectivity index (χ0) is 12.5. The van der Waals surface area contributed by atoms with Crippen molar-refractivity contribution in [2.75, 3.05) is 6.61 Å². The van der Waals surface area contributed by atoms with Crippen LogP contribution in [0.1, 0.15) is 23.2 Å². The molecule has 0 bridgehead atoms. The van der Waals surface area contributed by atoms with Gasteiger partial charge in [-0.25, -0.2) is 9.48 Å². The molecule has 3 rings (SSSR count). The number of carboxylic acids is 1. The van der Waals surface area contributed by atoms with E-state index in [9.17, 15) is 4.79 Å². The summed E-state index contributed by atoms with van der Waals surface area (Å²) < 4.78 is 7.33. The molecule has 1 fully saturated rings. The average molecular weight is 247 g/mol. The third-order valence-corrected chi connectivity index (χ3v) is 3.16. The van der Waals surface area contributed by atoms with E-state index in [1.54, 1.807) is 16.8 Å². The van der Waals surface area contributed by atoms with Gasteiger partial charge in [-0.2, -0.15) is 0 Å². The molecule has 0 aliphatic carbocycles. The molecule has 1 aromatic heterocycles. The molecule has 1 unspecified atom stereocenters. The standard InChI is InChI=1S/C12H13N3O3/c16-12(17)8-3-4-11-10(6-8)13-14-15(11)7-9-2-1-5-18-9/h3-4,6,9H,1-2,5,7H2,(H,16,17). The highest BCUT2D eigenvalue weighted by Gasteiger charge is 2.18. The SMILES string of the molecule is O=C(O)c1ccc2c(c1)nnn2CC1CCCO1. The first-order chi connectivity index (χ1) is 8.74. The van der Waals surface area contributed by atoms with Crippen molar-refractivity contribution in [3.8, 4) is 0 Å². The number of hydrogen-bond acceptors (Lipinski definition) is 4. The van der Waals surface area contributed by atoms with Gasteiger partial charge in [-0.15, -0.1) is 5.10 Å². The Morgan fingerprint density at radius 1 is 1.56 bits per heavy atom. The molecule has 1 atom stereocenters. The fraction of sp³-hybridized carbons (Fsp3) is 0.417. The van der Waals surface area contributed by atoms with E-state index in [-0.39, 0.29) is 11.7 Å². The fourth-order valence-electron chi connectivity index (χ4n) is 2.22. The minimum absolute atomic E-state index is 0.189. The zero-order valence-corrected chi connectivity index (χ0v) is 9.74. The van der Waals surface area contributed by atoms with Gasteiger partial charge in [-0.1, -0.05) is 5.21 Å². The van der Waals surface area contributed by atoms with Crippen molar-refractivity contribution in [2.45, 2.75) is 25.5 Å². The lowest BCUT2D eigenvalue weighted by Crippen LogP contribution is -2.15. The summed E-state index contributed by atoms with van der Waals surface area (Å²) in [5, 5.41) is 17.0. The molecule has 1 aliphatic heterocycles. The van der Waals surface area contributed by atoms with Crippen LogP contribution < -0.4 is 0 Å². The summed E-state index contributed by atoms with van der Waals surface area (Å²) in [5.74, 6) is -0.953. The van der Waals surface area contributed by atoms with Crippen LogP contribution in [0.2, 0.25) is 0 Å². The number of fused-ring (bicyclic) bond motifs is 1. The zero-order valence-electron chi connectivity index (χ0n) is 9.74. The van der Waals surface area contributed by atoms with Gasteiger partial charge in [0.05, 0.1) is 23.7 Å². The molecule has 0 spiro atoms. The average Bonchev–Trinajstić information content (AvgIpc) is 2.99. The molecule has 0 saturated carbocycles. The summed E-state index contributed by atoms with van der Waals surface area (Å²) in [6.45, 7) is 1.48. The molecule has 0 radical (unpaired) electrons. The molecule has 1 N–H and O–H groups in total. The number of carbonyl (C=O) groups is 1. The number of rotatable bonds is 3. The normalized spacial score (nSPS) is 19.4. The van der Waals surface area contributed by atoms with E-state index in [1.807, 2.05) is 0 Å². The summed E-state index contributed by atoms with van der Waals surface area (Å²) in [6, 6.07) is 4.85. The summed E-state index contributed by atoms with van der Waals surface area (Å²) >= 11 is 0. The molecular weight excluding hydrogens is 234 g/mol. The van der Waals surface area contributed by atoms with Crippen molar-refractivity contribution in [2.24, 2.45) is 0 Å². The summed E-state index contributed by atoms with van der Waals surface area (Å²) in [5.41, 5.74) is 1.68. The Morgan fingerprint density at radius 3 is 3.17 bits per heavy atom. The van der Waals surface area contributed by atoms with Gasteiger partial charge >= 0.3 is 5.97 Å². The van der Waals surface area contributed by atoms with Crippen molar-refractivity contribution in [1.82, 2.24) is 15.0 Å². The van der Waals surface area contributed by atoms with Crippen LogP contribution in [0.4, 0.5) is 0 Å². The smallest absolute Gasteiger partial charge is 0.335 e. The van der Waals surface area contributed by atoms with Gasteiger partial charge in [-0.05, 0) is 31.0 Å². The lowest BCUT2D eigenvalue weighted by atomic mass is 10.2. The van der Waals surface area contributed by atoms with Gasteiger partial charge in [0.2, 0.25) is 0 Å². The topological polar surface area (TPSA) is 77.2 Å². The summed E-state index contributed by atoms with van der Waals surface area (Å²) in [4.78, 5) is 10.9. The highest BCUT2D eigenvalue weighted by atomic mass is 16.5. The molecule has 0 amide bonds. The van der Waals surface area contributed by atoms with Crippen molar-refractivity contribution >= 4 is 17.0 Å². The van der Waals surface area contributed by atoms with Crippen molar-refractivity contribution in [3.63, 3.8) is 0 Å². The highest BCUT2D eigenvalue weighted by molar-refractivity contribution is 5.92. The van der Waals surface area contributed by atoms with Crippen molar-refractivity contribution in [1.29, 1.82) is 0 Å². The van der Waals surface area contributed by atoms with Crippen LogP contribution in [0.3, 0.4) is 0 Å². The Kier molecular flexibility index (Phi) is 2.71. The second-order valence-corrected chi connectivity index (χ2v) is 4.42. The quantitative estimate of drug-likeness (QED) is 0.884. The van der Waals surface area contributed by atoms with Gasteiger partial charge < -0.3 is 9.84 Å². The number of ether oxygens (including phenoxy) is 1. The molecule has 6 heteroatoms. The fourth-order valence-corrected chi connectivity index (χ4v) is 2.22. The third-order valence-electron chi connectivity index (χ3n) is 3.16. The number of benzene rings is 1. The molecule has 94 valence electrons. The third kappa shape index (κ3) is 1.95. The van der Waals surface area contributed by atoms with Gasteiger partial charge in [-0.3, -0.25) is 0 Å². The Labute approximate surface area is 103 Å². The lowest BCUT2D eigenvalue weighted by molar-refractivity contribution is 0.0697. The van der Waals surface area contributed by atoms with Gasteiger partial charge in [0, 0.05) is 6.61 Å². The minimum atomic E-state index is -0.953. The lowest BCUT2D eigenvalue weighted by Gasteiger charge is -2.09. The first kappa shape index (κ1) is 11.2. The summed E-state index contributed by atoms with van der Waals surface area (Å²) in [7, 11) is 0. The molecular formula is C12H13N3O3. The monoisotopic (exact) mass is 247 g/mol. The van der Waals surface area contributed by atoms with Crippen molar-refractivity contribution in [3.05, 3.63) is 23.8 Å². The highest BCUT2D eigenvalue weighted by Crippen LogP contribution is 2.18. The Hall–Kier alpha value is -1.95. The van der Waals surface area contributed by atoms with Gasteiger partial charge in [0.1, 0.15) is 5.52 Å². The molecule has 2 aromatic rings. The maximum absolute atomic E-state index is 10.9. The molecule has 2 heterocycles. The number of aromatic nitrogens is 3. The van der Waals surface area contributed by atoms with Gasteiger partial charge in [0.25, 0.3) is 0 Å². The predicted octanol–water partition coefficient (Wildman–Crippen LogP) is 1.31. The van der Waals surface area contributed by atoms with E-state index in [4.69, 9.17) is 9.84 Å².